The molecule has 0 saturated heterocycles. The molecule has 0 aliphatic carbocycles. The Hall–Kier alpha value is -2.65. The minimum Gasteiger partial charge on any atom is -0.244 e. The Kier molecular flexibility index (Phi) is 5.81. The van der Waals surface area contributed by atoms with E-state index in [2.05, 4.69) is 4.98 Å². The third-order valence-corrected chi connectivity index (χ3v) is 6.01. The van der Waals surface area contributed by atoms with Gasteiger partial charge in [-0.05, 0) is 23.8 Å². The van der Waals surface area contributed by atoms with Crippen LogP contribution in [0.3, 0.4) is 0 Å². The normalized spacial score (nSPS) is 12.0. The van der Waals surface area contributed by atoms with E-state index in [-0.39, 0.29) is 6.54 Å². The van der Waals surface area contributed by atoms with Crippen molar-refractivity contribution in [2.45, 2.75) is 17.6 Å². The minimum atomic E-state index is -4.70. The van der Waals surface area contributed by atoms with Gasteiger partial charge in [-0.2, -0.15) is 13.2 Å². The van der Waals surface area contributed by atoms with Crippen LogP contribution in [0.15, 0.2) is 71.8 Å². The van der Waals surface area contributed by atoms with Gasteiger partial charge in [-0.15, -0.1) is 0 Å². The molecule has 4 nitrogen and oxygen atoms in total. The molecule has 0 amide bonds. The number of sulfonamides is 1. The zero-order valence-electron chi connectivity index (χ0n) is 14.6. The molecule has 0 unspecified atom stereocenters. The SMILES string of the molecule is O=S(=O)(c1ccccc1F)N(Cc1ccccc1)c1ncc(C(F)(F)F)cc1Cl. The molecular weight excluding hydrogens is 432 g/mol. The fraction of sp³-hybridized carbons (Fsp3) is 0.105. The molecule has 0 radical (unpaired) electrons. The number of pyridine rings is 1. The summed E-state index contributed by atoms with van der Waals surface area (Å²) in [5.74, 6) is -1.44. The molecule has 29 heavy (non-hydrogen) atoms. The van der Waals surface area contributed by atoms with Crippen LogP contribution >= 0.6 is 11.6 Å². The summed E-state index contributed by atoms with van der Waals surface area (Å²) < 4.78 is 80.0. The van der Waals surface area contributed by atoms with Crippen LogP contribution < -0.4 is 4.31 Å². The van der Waals surface area contributed by atoms with E-state index in [1.54, 1.807) is 30.3 Å². The molecule has 0 fully saturated rings. The number of hydrogen-bond acceptors (Lipinski definition) is 3. The quantitative estimate of drug-likeness (QED) is 0.502. The molecule has 1 aromatic heterocycles. The van der Waals surface area contributed by atoms with Gasteiger partial charge in [0.1, 0.15) is 10.7 Å². The number of aromatic nitrogens is 1. The molecule has 0 bridgehead atoms. The van der Waals surface area contributed by atoms with E-state index in [1.165, 1.54) is 12.1 Å². The lowest BCUT2D eigenvalue weighted by Crippen LogP contribution is -2.32. The lowest BCUT2D eigenvalue weighted by molar-refractivity contribution is -0.137. The summed E-state index contributed by atoms with van der Waals surface area (Å²) in [6.07, 6.45) is -4.22. The van der Waals surface area contributed by atoms with Gasteiger partial charge in [0, 0.05) is 6.20 Å². The second kappa shape index (κ2) is 8.00. The molecule has 0 atom stereocenters. The third kappa shape index (κ3) is 4.51. The van der Waals surface area contributed by atoms with Crippen molar-refractivity contribution in [2.24, 2.45) is 0 Å². The Morgan fingerprint density at radius 2 is 1.62 bits per heavy atom. The van der Waals surface area contributed by atoms with Crippen molar-refractivity contribution >= 4 is 27.4 Å². The highest BCUT2D eigenvalue weighted by molar-refractivity contribution is 7.92. The van der Waals surface area contributed by atoms with Gasteiger partial charge < -0.3 is 0 Å². The van der Waals surface area contributed by atoms with E-state index in [0.717, 1.165) is 12.1 Å². The van der Waals surface area contributed by atoms with E-state index in [1.807, 2.05) is 0 Å². The average molecular weight is 445 g/mol. The first kappa shape index (κ1) is 21.1. The van der Waals surface area contributed by atoms with Crippen molar-refractivity contribution in [1.82, 2.24) is 4.98 Å². The molecule has 2 aromatic carbocycles. The first-order valence-electron chi connectivity index (χ1n) is 8.14. The van der Waals surface area contributed by atoms with Crippen molar-refractivity contribution in [3.8, 4) is 0 Å². The number of hydrogen-bond donors (Lipinski definition) is 0. The van der Waals surface area contributed by atoms with E-state index < -0.39 is 43.3 Å². The molecule has 0 aliphatic heterocycles. The summed E-state index contributed by atoms with van der Waals surface area (Å²) in [5.41, 5.74) is -0.626. The van der Waals surface area contributed by atoms with Gasteiger partial charge in [-0.1, -0.05) is 54.1 Å². The summed E-state index contributed by atoms with van der Waals surface area (Å²) in [6.45, 7) is -0.310. The van der Waals surface area contributed by atoms with E-state index in [4.69, 9.17) is 11.6 Å². The fourth-order valence-corrected chi connectivity index (χ4v) is 4.38. The highest BCUT2D eigenvalue weighted by atomic mass is 35.5. The van der Waals surface area contributed by atoms with E-state index in [0.29, 0.717) is 22.1 Å². The van der Waals surface area contributed by atoms with Crippen LogP contribution in [-0.2, 0) is 22.7 Å². The standard InChI is InChI=1S/C19H13ClF4N2O2S/c20-15-10-14(19(22,23)24)11-25-18(15)26(12-13-6-2-1-3-7-13)29(27,28)17-9-5-4-8-16(17)21/h1-11H,12H2. The monoisotopic (exact) mass is 444 g/mol. The Balaban J connectivity index is 2.15. The van der Waals surface area contributed by atoms with Crippen molar-refractivity contribution in [3.05, 3.63) is 88.8 Å². The molecule has 3 rings (SSSR count). The largest absolute Gasteiger partial charge is 0.417 e. The molecule has 152 valence electrons. The molecular formula is C19H13ClF4N2O2S. The second-order valence-corrected chi connectivity index (χ2v) is 8.19. The van der Waals surface area contributed by atoms with Gasteiger partial charge >= 0.3 is 6.18 Å². The van der Waals surface area contributed by atoms with Crippen LogP contribution in [0, 0.1) is 5.82 Å². The molecule has 0 N–H and O–H groups in total. The van der Waals surface area contributed by atoms with Crippen molar-refractivity contribution in [3.63, 3.8) is 0 Å². The van der Waals surface area contributed by atoms with Gasteiger partial charge in [0.2, 0.25) is 0 Å². The first-order chi connectivity index (χ1) is 13.6. The number of halogens is 5. The van der Waals surface area contributed by atoms with Gasteiger partial charge in [-0.25, -0.2) is 22.1 Å². The molecule has 1 heterocycles. The Labute approximate surface area is 169 Å². The summed E-state index contributed by atoms with van der Waals surface area (Å²) in [7, 11) is -4.52. The number of anilines is 1. The van der Waals surface area contributed by atoms with Crippen molar-refractivity contribution in [1.29, 1.82) is 0 Å². The van der Waals surface area contributed by atoms with Crippen LogP contribution in [0.2, 0.25) is 5.02 Å². The predicted molar refractivity (Wildman–Crippen MR) is 100 cm³/mol. The maximum atomic E-state index is 14.2. The Morgan fingerprint density at radius 1 is 1.00 bits per heavy atom. The first-order valence-corrected chi connectivity index (χ1v) is 9.96. The summed E-state index contributed by atoms with van der Waals surface area (Å²) >= 11 is 5.97. The topological polar surface area (TPSA) is 50.3 Å². The van der Waals surface area contributed by atoms with Crippen LogP contribution in [0.4, 0.5) is 23.4 Å². The second-order valence-electron chi connectivity index (χ2n) is 5.95. The van der Waals surface area contributed by atoms with E-state index >= 15 is 0 Å². The lowest BCUT2D eigenvalue weighted by atomic mass is 10.2. The highest BCUT2D eigenvalue weighted by Gasteiger charge is 2.34. The van der Waals surface area contributed by atoms with Crippen molar-refractivity contribution in [2.75, 3.05) is 4.31 Å². The molecule has 10 heteroatoms. The van der Waals surface area contributed by atoms with Crippen LogP contribution in [0.5, 0.6) is 0 Å². The fourth-order valence-electron chi connectivity index (χ4n) is 2.56. The zero-order chi connectivity index (χ0) is 21.2. The van der Waals surface area contributed by atoms with Gasteiger partial charge in [0.05, 0.1) is 17.1 Å². The average Bonchev–Trinajstić information content (AvgIpc) is 2.66. The number of nitrogens with zero attached hydrogens (tertiary/aromatic N) is 2. The molecule has 0 aliphatic rings. The van der Waals surface area contributed by atoms with Crippen LogP contribution in [0.1, 0.15) is 11.1 Å². The van der Waals surface area contributed by atoms with Gasteiger partial charge in [0.25, 0.3) is 10.0 Å². The minimum absolute atomic E-state index is 0.310. The number of rotatable bonds is 5. The maximum Gasteiger partial charge on any atom is 0.417 e. The lowest BCUT2D eigenvalue weighted by Gasteiger charge is -2.25. The smallest absolute Gasteiger partial charge is 0.244 e. The highest BCUT2D eigenvalue weighted by Crippen LogP contribution is 2.36. The zero-order valence-corrected chi connectivity index (χ0v) is 16.1. The molecule has 3 aromatic rings. The van der Waals surface area contributed by atoms with Crippen molar-refractivity contribution < 1.29 is 26.0 Å². The maximum absolute atomic E-state index is 14.2. The van der Waals surface area contributed by atoms with Crippen LogP contribution in [-0.4, -0.2) is 13.4 Å². The number of alkyl halides is 3. The Bertz CT molecular complexity index is 1120. The molecule has 0 spiro atoms. The summed E-state index contributed by atoms with van der Waals surface area (Å²) in [5, 5.41) is -0.532. The van der Waals surface area contributed by atoms with Gasteiger partial charge in [0.15, 0.2) is 5.82 Å². The molecule has 0 saturated carbocycles. The third-order valence-electron chi connectivity index (χ3n) is 3.96. The van der Waals surface area contributed by atoms with Crippen LogP contribution in [0.25, 0.3) is 0 Å². The number of benzene rings is 2. The van der Waals surface area contributed by atoms with Gasteiger partial charge in [-0.3, -0.25) is 0 Å². The Morgan fingerprint density at radius 3 is 2.21 bits per heavy atom. The predicted octanol–water partition coefficient (Wildman–Crippen LogP) is 5.29. The van der Waals surface area contributed by atoms with E-state index in [9.17, 15) is 26.0 Å². The summed E-state index contributed by atoms with van der Waals surface area (Å²) in [4.78, 5) is 2.99. The summed E-state index contributed by atoms with van der Waals surface area (Å²) in [6, 6.07) is 13.5.